The van der Waals surface area contributed by atoms with Crippen LogP contribution >= 0.6 is 0 Å². The first-order valence-corrected chi connectivity index (χ1v) is 9.66. The number of fused-ring (bicyclic) bond motifs is 1. The first-order valence-electron chi connectivity index (χ1n) is 9.66. The van der Waals surface area contributed by atoms with Gasteiger partial charge in [-0.25, -0.2) is 4.68 Å². The largest absolute Gasteiger partial charge is 0.502 e. The predicted octanol–water partition coefficient (Wildman–Crippen LogP) is 2.30. The lowest BCUT2D eigenvalue weighted by molar-refractivity contribution is -0.128. The second-order valence-corrected chi connectivity index (χ2v) is 7.22. The maximum Gasteiger partial charge on any atom is 0.254 e. The molecule has 2 aliphatic heterocycles. The van der Waals surface area contributed by atoms with Gasteiger partial charge in [-0.2, -0.15) is 10.1 Å². The number of nitrogens with zero attached hydrogens (tertiary/aromatic N) is 4. The van der Waals surface area contributed by atoms with E-state index in [9.17, 15) is 9.90 Å². The molecular weight excluding hydrogens is 374 g/mol. The second-order valence-electron chi connectivity index (χ2n) is 7.22. The topological polar surface area (TPSA) is 102 Å². The summed E-state index contributed by atoms with van der Waals surface area (Å²) >= 11 is 0. The summed E-state index contributed by atoms with van der Waals surface area (Å²) in [6, 6.07) is 2.89. The molecule has 1 fully saturated rings. The number of methoxy groups -OCH3 is 2. The van der Waals surface area contributed by atoms with Gasteiger partial charge in [0, 0.05) is 18.8 Å². The molecule has 1 aromatic heterocycles. The van der Waals surface area contributed by atoms with Gasteiger partial charge >= 0.3 is 0 Å². The first kappa shape index (κ1) is 19.1. The smallest absolute Gasteiger partial charge is 0.254 e. The third-order valence-corrected chi connectivity index (χ3v) is 5.49. The molecule has 9 heteroatoms. The van der Waals surface area contributed by atoms with Gasteiger partial charge in [0.15, 0.2) is 11.5 Å². The van der Waals surface area contributed by atoms with E-state index in [0.717, 1.165) is 38.0 Å². The first-order chi connectivity index (χ1) is 14.0. The molecule has 1 amide bonds. The third kappa shape index (κ3) is 3.26. The number of allylic oxidation sites excluding steroid dienone is 1. The number of aromatic nitrogens is 3. The fourth-order valence-corrected chi connectivity index (χ4v) is 4.02. The van der Waals surface area contributed by atoms with Crippen molar-refractivity contribution in [1.82, 2.24) is 19.7 Å². The van der Waals surface area contributed by atoms with Gasteiger partial charge in [-0.15, -0.1) is 0 Å². The normalized spacial score (nSPS) is 18.9. The van der Waals surface area contributed by atoms with E-state index in [1.807, 2.05) is 11.8 Å². The van der Waals surface area contributed by atoms with E-state index in [-0.39, 0.29) is 23.2 Å². The fraction of sp³-hybridized carbons (Fsp3) is 0.450. The number of aromatic hydroxyl groups is 1. The summed E-state index contributed by atoms with van der Waals surface area (Å²) in [6.45, 7) is 3.36. The average Bonchev–Trinajstić information content (AvgIpc) is 3.21. The third-order valence-electron chi connectivity index (χ3n) is 5.49. The number of rotatable bonds is 4. The van der Waals surface area contributed by atoms with Crippen LogP contribution < -0.4 is 14.8 Å². The number of carbonyl (C=O) groups is 1. The number of nitrogens with one attached hydrogen (secondary N) is 1. The Balaban J connectivity index is 1.85. The fourth-order valence-electron chi connectivity index (χ4n) is 4.02. The Kier molecular flexibility index (Phi) is 5.04. The number of anilines is 1. The summed E-state index contributed by atoms with van der Waals surface area (Å²) < 4.78 is 12.3. The van der Waals surface area contributed by atoms with Crippen molar-refractivity contribution in [3.05, 3.63) is 35.3 Å². The minimum Gasteiger partial charge on any atom is -0.502 e. The summed E-state index contributed by atoms with van der Waals surface area (Å²) in [5.41, 5.74) is 2.04. The lowest BCUT2D eigenvalue weighted by atomic mass is 9.93. The van der Waals surface area contributed by atoms with Crippen molar-refractivity contribution in [2.45, 2.75) is 32.2 Å². The van der Waals surface area contributed by atoms with Gasteiger partial charge in [-0.1, -0.05) is 0 Å². The number of hydrogen-bond donors (Lipinski definition) is 2. The molecule has 154 valence electrons. The number of ether oxygens (including phenoxy) is 2. The molecule has 0 spiro atoms. The molecule has 0 radical (unpaired) electrons. The van der Waals surface area contributed by atoms with Crippen molar-refractivity contribution in [1.29, 1.82) is 0 Å². The summed E-state index contributed by atoms with van der Waals surface area (Å²) in [4.78, 5) is 19.7. The maximum atomic E-state index is 13.5. The minimum atomic E-state index is -0.522. The Bertz CT molecular complexity index is 937. The SMILES string of the molecule is COc1cc([C@@H]2C(C(=O)N3CCCCC3)=C(C)Nc3ncnn32)cc(OC)c1O. The molecule has 2 N–H and O–H groups in total. The van der Waals surface area contributed by atoms with Crippen LogP contribution in [0.2, 0.25) is 0 Å². The molecule has 1 atom stereocenters. The van der Waals surface area contributed by atoms with Crippen molar-refractivity contribution in [2.24, 2.45) is 0 Å². The van der Waals surface area contributed by atoms with E-state index in [4.69, 9.17) is 9.47 Å². The average molecular weight is 399 g/mol. The second kappa shape index (κ2) is 7.65. The lowest BCUT2D eigenvalue weighted by Gasteiger charge is -2.34. The van der Waals surface area contributed by atoms with E-state index in [0.29, 0.717) is 17.1 Å². The molecule has 0 aliphatic carbocycles. The molecule has 1 saturated heterocycles. The van der Waals surface area contributed by atoms with Crippen molar-refractivity contribution < 1.29 is 19.4 Å². The molecule has 0 bridgehead atoms. The minimum absolute atomic E-state index is 0.0214. The van der Waals surface area contributed by atoms with Gasteiger partial charge in [0.2, 0.25) is 11.7 Å². The summed E-state index contributed by atoms with van der Waals surface area (Å²) in [5, 5.41) is 17.9. The molecule has 0 saturated carbocycles. The Morgan fingerprint density at radius 1 is 1.17 bits per heavy atom. The molecule has 2 aromatic rings. The number of piperidine rings is 1. The zero-order valence-corrected chi connectivity index (χ0v) is 16.8. The highest BCUT2D eigenvalue weighted by Crippen LogP contribution is 2.43. The van der Waals surface area contributed by atoms with Crippen molar-refractivity contribution >= 4 is 11.9 Å². The Morgan fingerprint density at radius 3 is 2.45 bits per heavy atom. The molecule has 2 aliphatic rings. The van der Waals surface area contributed by atoms with Crippen LogP contribution in [0.1, 0.15) is 37.8 Å². The molecule has 9 nitrogen and oxygen atoms in total. The quantitative estimate of drug-likeness (QED) is 0.813. The van der Waals surface area contributed by atoms with E-state index in [1.54, 1.807) is 16.8 Å². The van der Waals surface area contributed by atoms with Gasteiger partial charge in [-0.05, 0) is 43.9 Å². The van der Waals surface area contributed by atoms with Crippen LogP contribution in [0.5, 0.6) is 17.2 Å². The Labute approximate surface area is 168 Å². The summed E-state index contributed by atoms with van der Waals surface area (Å²) in [5.74, 6) is 0.973. The van der Waals surface area contributed by atoms with Crippen LogP contribution in [-0.2, 0) is 4.79 Å². The number of phenols is 1. The number of carbonyl (C=O) groups excluding carboxylic acids is 1. The zero-order valence-electron chi connectivity index (χ0n) is 16.8. The number of benzene rings is 1. The van der Waals surface area contributed by atoms with Crippen LogP contribution in [-0.4, -0.2) is 58.0 Å². The van der Waals surface area contributed by atoms with Crippen LogP contribution in [0.25, 0.3) is 0 Å². The van der Waals surface area contributed by atoms with Crippen molar-refractivity contribution in [3.63, 3.8) is 0 Å². The molecule has 4 rings (SSSR count). The number of likely N-dealkylation sites (tertiary alicyclic amines) is 1. The highest BCUT2D eigenvalue weighted by Gasteiger charge is 2.36. The van der Waals surface area contributed by atoms with Crippen LogP contribution in [0.3, 0.4) is 0 Å². The van der Waals surface area contributed by atoms with Crippen LogP contribution in [0, 0.1) is 0 Å². The molecule has 29 heavy (non-hydrogen) atoms. The highest BCUT2D eigenvalue weighted by molar-refractivity contribution is 5.97. The van der Waals surface area contributed by atoms with E-state index < -0.39 is 6.04 Å². The maximum absolute atomic E-state index is 13.5. The van der Waals surface area contributed by atoms with Crippen molar-refractivity contribution in [3.8, 4) is 17.2 Å². The molecular formula is C20H25N5O4. The van der Waals surface area contributed by atoms with Gasteiger partial charge in [0.1, 0.15) is 12.4 Å². The number of amides is 1. The molecule has 1 aromatic carbocycles. The Hall–Kier alpha value is -3.23. The van der Waals surface area contributed by atoms with Crippen LogP contribution in [0.15, 0.2) is 29.7 Å². The van der Waals surface area contributed by atoms with Gasteiger partial charge in [0.05, 0.1) is 19.8 Å². The molecule has 3 heterocycles. The lowest BCUT2D eigenvalue weighted by Crippen LogP contribution is -2.41. The zero-order chi connectivity index (χ0) is 20.5. The Morgan fingerprint density at radius 2 is 1.83 bits per heavy atom. The van der Waals surface area contributed by atoms with Gasteiger partial charge < -0.3 is 24.8 Å². The predicted molar refractivity (Wildman–Crippen MR) is 106 cm³/mol. The number of phenolic OH excluding ortho intramolecular Hbond substituents is 1. The highest BCUT2D eigenvalue weighted by atomic mass is 16.5. The van der Waals surface area contributed by atoms with Crippen molar-refractivity contribution in [2.75, 3.05) is 32.6 Å². The summed E-state index contributed by atoms with van der Waals surface area (Å²) in [7, 11) is 2.95. The number of hydrogen-bond acceptors (Lipinski definition) is 7. The van der Waals surface area contributed by atoms with E-state index in [2.05, 4.69) is 15.4 Å². The molecule has 0 unspecified atom stereocenters. The van der Waals surface area contributed by atoms with Crippen LogP contribution in [0.4, 0.5) is 5.95 Å². The van der Waals surface area contributed by atoms with Gasteiger partial charge in [0.25, 0.3) is 5.91 Å². The standard InChI is InChI=1S/C20H25N5O4/c1-12-16(19(27)24-7-5-4-6-8-24)17(25-20(23-12)21-11-22-25)13-9-14(28-2)18(26)15(10-13)29-3/h9-11,17,26H,4-8H2,1-3H3,(H,21,22,23)/t17-/m1/s1. The van der Waals surface area contributed by atoms with E-state index in [1.165, 1.54) is 20.5 Å². The summed E-state index contributed by atoms with van der Waals surface area (Å²) in [6.07, 6.45) is 4.60. The van der Waals surface area contributed by atoms with E-state index >= 15 is 0 Å². The van der Waals surface area contributed by atoms with Gasteiger partial charge in [-0.3, -0.25) is 4.79 Å². The monoisotopic (exact) mass is 399 g/mol.